The fourth-order valence-electron chi connectivity index (χ4n) is 3.25. The summed E-state index contributed by atoms with van der Waals surface area (Å²) in [6, 6.07) is -0.251. The molecule has 0 spiro atoms. The largest absolute Gasteiger partial charge is 0.353 e. The maximum absolute atomic E-state index is 12.8. The van der Waals surface area contributed by atoms with Gasteiger partial charge in [0.05, 0.1) is 6.20 Å². The van der Waals surface area contributed by atoms with E-state index in [0.717, 1.165) is 18.7 Å². The normalized spacial score (nSPS) is 22.0. The fraction of sp³-hybridized carbons (Fsp3) is 0.467. The zero-order valence-electron chi connectivity index (χ0n) is 12.9. The van der Waals surface area contributed by atoms with Gasteiger partial charge in [-0.2, -0.15) is 5.10 Å². The number of piperazine rings is 2. The summed E-state index contributed by atoms with van der Waals surface area (Å²) in [6.45, 7) is 5.20. The third-order valence-electron chi connectivity index (χ3n) is 4.50. The molecule has 23 heavy (non-hydrogen) atoms. The number of fused-ring (bicyclic) bond motifs is 2. The van der Waals surface area contributed by atoms with E-state index in [1.165, 1.54) is 0 Å². The molecule has 4 rings (SSSR count). The Kier molecular flexibility index (Phi) is 3.26. The van der Waals surface area contributed by atoms with Crippen molar-refractivity contribution in [1.82, 2.24) is 29.7 Å². The summed E-state index contributed by atoms with van der Waals surface area (Å²) < 4.78 is 1.62. The quantitative estimate of drug-likeness (QED) is 0.752. The van der Waals surface area contributed by atoms with Crippen molar-refractivity contribution in [3.05, 3.63) is 29.7 Å². The van der Waals surface area contributed by atoms with Crippen LogP contribution in [-0.2, 0) is 4.79 Å². The van der Waals surface area contributed by atoms with Crippen molar-refractivity contribution < 1.29 is 9.59 Å². The molecule has 4 heterocycles. The SMILES string of the molecule is Cc1cnc2c(C(=O)N3CCN4CCNC(=O)[C@H]4C3)cnn2c1. The first-order valence-electron chi connectivity index (χ1n) is 7.74. The third-order valence-corrected chi connectivity index (χ3v) is 4.50. The van der Waals surface area contributed by atoms with Crippen molar-refractivity contribution in [2.75, 3.05) is 32.7 Å². The van der Waals surface area contributed by atoms with Crippen molar-refractivity contribution in [3.8, 4) is 0 Å². The van der Waals surface area contributed by atoms with Crippen molar-refractivity contribution in [3.63, 3.8) is 0 Å². The second kappa shape index (κ2) is 5.31. The van der Waals surface area contributed by atoms with Crippen LogP contribution >= 0.6 is 0 Å². The highest BCUT2D eigenvalue weighted by Crippen LogP contribution is 2.17. The van der Waals surface area contributed by atoms with Crippen LogP contribution in [0.1, 0.15) is 15.9 Å². The minimum atomic E-state index is -0.251. The predicted molar refractivity (Wildman–Crippen MR) is 82.0 cm³/mol. The molecule has 2 aliphatic heterocycles. The van der Waals surface area contributed by atoms with Gasteiger partial charge >= 0.3 is 0 Å². The van der Waals surface area contributed by atoms with Crippen LogP contribution in [0.25, 0.3) is 5.65 Å². The number of nitrogens with one attached hydrogen (secondary N) is 1. The molecule has 0 bridgehead atoms. The first kappa shape index (κ1) is 14.1. The van der Waals surface area contributed by atoms with E-state index in [2.05, 4.69) is 20.3 Å². The topological polar surface area (TPSA) is 82.8 Å². The summed E-state index contributed by atoms with van der Waals surface area (Å²) in [6.07, 6.45) is 5.11. The first-order chi connectivity index (χ1) is 11.1. The minimum absolute atomic E-state index is 0.00219. The number of carbonyl (C=O) groups is 2. The molecule has 8 heteroatoms. The number of aromatic nitrogens is 3. The Labute approximate surface area is 133 Å². The molecule has 2 aliphatic rings. The molecule has 0 unspecified atom stereocenters. The maximum atomic E-state index is 12.8. The van der Waals surface area contributed by atoms with Crippen molar-refractivity contribution in [1.29, 1.82) is 0 Å². The van der Waals surface area contributed by atoms with E-state index in [1.807, 2.05) is 13.1 Å². The van der Waals surface area contributed by atoms with Crippen LogP contribution < -0.4 is 5.32 Å². The lowest BCUT2D eigenvalue weighted by atomic mass is 10.1. The predicted octanol–water partition coefficient (Wildman–Crippen LogP) is -0.706. The van der Waals surface area contributed by atoms with Crippen molar-refractivity contribution in [2.24, 2.45) is 0 Å². The fourth-order valence-corrected chi connectivity index (χ4v) is 3.25. The Morgan fingerprint density at radius 1 is 1.30 bits per heavy atom. The number of nitrogens with zero attached hydrogens (tertiary/aromatic N) is 5. The molecule has 120 valence electrons. The highest BCUT2D eigenvalue weighted by Gasteiger charge is 2.37. The minimum Gasteiger partial charge on any atom is -0.353 e. The number of hydrogen-bond acceptors (Lipinski definition) is 5. The van der Waals surface area contributed by atoms with Crippen LogP contribution in [0.3, 0.4) is 0 Å². The summed E-state index contributed by atoms with van der Waals surface area (Å²) in [4.78, 5) is 33.0. The third kappa shape index (κ3) is 2.35. The molecule has 0 aliphatic carbocycles. The van der Waals surface area contributed by atoms with Gasteiger partial charge in [-0.05, 0) is 12.5 Å². The van der Waals surface area contributed by atoms with E-state index >= 15 is 0 Å². The van der Waals surface area contributed by atoms with E-state index in [4.69, 9.17) is 0 Å². The summed E-state index contributed by atoms with van der Waals surface area (Å²) in [5, 5.41) is 7.07. The lowest BCUT2D eigenvalue weighted by Gasteiger charge is -2.42. The smallest absolute Gasteiger partial charge is 0.259 e. The van der Waals surface area contributed by atoms with Crippen LogP contribution in [0.15, 0.2) is 18.6 Å². The molecular weight excluding hydrogens is 296 g/mol. The Hall–Kier alpha value is -2.48. The van der Waals surface area contributed by atoms with E-state index in [1.54, 1.807) is 21.8 Å². The molecule has 1 atom stereocenters. The van der Waals surface area contributed by atoms with E-state index in [9.17, 15) is 9.59 Å². The monoisotopic (exact) mass is 314 g/mol. The Morgan fingerprint density at radius 3 is 3.04 bits per heavy atom. The average molecular weight is 314 g/mol. The summed E-state index contributed by atoms with van der Waals surface area (Å²) in [5.41, 5.74) is 2.01. The molecule has 2 amide bonds. The number of rotatable bonds is 1. The molecule has 2 saturated heterocycles. The van der Waals surface area contributed by atoms with Crippen LogP contribution in [0.4, 0.5) is 0 Å². The van der Waals surface area contributed by atoms with E-state index < -0.39 is 0 Å². The molecule has 0 aromatic carbocycles. The molecule has 0 saturated carbocycles. The van der Waals surface area contributed by atoms with Gasteiger partial charge in [0.2, 0.25) is 5.91 Å². The Bertz CT molecular complexity index is 785. The number of hydrogen-bond donors (Lipinski definition) is 1. The number of aryl methyl sites for hydroxylation is 1. The van der Waals surface area contributed by atoms with Crippen LogP contribution in [0, 0.1) is 6.92 Å². The zero-order valence-corrected chi connectivity index (χ0v) is 12.9. The molecule has 2 fully saturated rings. The molecule has 1 N–H and O–H groups in total. The van der Waals surface area contributed by atoms with Gasteiger partial charge in [0, 0.05) is 45.1 Å². The summed E-state index contributed by atoms with van der Waals surface area (Å²) >= 11 is 0. The van der Waals surface area contributed by atoms with Gasteiger partial charge in [0.15, 0.2) is 5.65 Å². The summed E-state index contributed by atoms with van der Waals surface area (Å²) in [5.74, 6) is -0.114. The molecule has 8 nitrogen and oxygen atoms in total. The molecule has 0 radical (unpaired) electrons. The van der Waals surface area contributed by atoms with E-state index in [-0.39, 0.29) is 17.9 Å². The van der Waals surface area contributed by atoms with Gasteiger partial charge < -0.3 is 10.2 Å². The van der Waals surface area contributed by atoms with Crippen LogP contribution in [0.2, 0.25) is 0 Å². The van der Waals surface area contributed by atoms with Gasteiger partial charge in [-0.25, -0.2) is 9.50 Å². The zero-order chi connectivity index (χ0) is 16.0. The van der Waals surface area contributed by atoms with Crippen molar-refractivity contribution >= 4 is 17.5 Å². The maximum Gasteiger partial charge on any atom is 0.259 e. The number of carbonyl (C=O) groups excluding carboxylic acids is 2. The average Bonchev–Trinajstić information content (AvgIpc) is 2.97. The van der Waals surface area contributed by atoms with Gasteiger partial charge in [-0.3, -0.25) is 14.5 Å². The molecule has 2 aromatic heterocycles. The van der Waals surface area contributed by atoms with Gasteiger partial charge in [-0.1, -0.05) is 0 Å². The molecule has 2 aromatic rings. The second-order valence-electron chi connectivity index (χ2n) is 6.05. The Morgan fingerprint density at radius 2 is 2.17 bits per heavy atom. The summed E-state index contributed by atoms with van der Waals surface area (Å²) in [7, 11) is 0. The van der Waals surface area contributed by atoms with Gasteiger partial charge in [-0.15, -0.1) is 0 Å². The highest BCUT2D eigenvalue weighted by atomic mass is 16.2. The van der Waals surface area contributed by atoms with Gasteiger partial charge in [0.1, 0.15) is 11.6 Å². The molecular formula is C15H18N6O2. The lowest BCUT2D eigenvalue weighted by molar-refractivity contribution is -0.131. The Balaban J connectivity index is 1.60. The standard InChI is InChI=1S/C15H18N6O2/c1-10-6-17-13-11(7-18-21(13)8-10)15(23)20-5-4-19-3-2-16-14(22)12(19)9-20/h6-8,12H,2-5,9H2,1H3,(H,16,22)/t12-/m1/s1. The van der Waals surface area contributed by atoms with Crippen LogP contribution in [0.5, 0.6) is 0 Å². The van der Waals surface area contributed by atoms with Gasteiger partial charge in [0.25, 0.3) is 5.91 Å². The second-order valence-corrected chi connectivity index (χ2v) is 6.05. The first-order valence-corrected chi connectivity index (χ1v) is 7.74. The van der Waals surface area contributed by atoms with Crippen LogP contribution in [-0.4, -0.2) is 75.0 Å². The highest BCUT2D eigenvalue weighted by molar-refractivity contribution is 6.00. The van der Waals surface area contributed by atoms with Crippen molar-refractivity contribution in [2.45, 2.75) is 13.0 Å². The lowest BCUT2D eigenvalue weighted by Crippen LogP contribution is -2.64. The van der Waals surface area contributed by atoms with E-state index in [0.29, 0.717) is 30.8 Å². The number of amides is 2.